The SMILES string of the molecule is CC(C)(C)OC(=O)N1CCC(Cn2c(=NCC(F)(F)F)sc3cc(Cl)ccc32)CC1. The number of thiazole rings is 1. The number of alkyl halides is 3. The molecule has 1 aliphatic rings. The van der Waals surface area contributed by atoms with Gasteiger partial charge in [0.1, 0.15) is 12.1 Å². The lowest BCUT2D eigenvalue weighted by molar-refractivity contribution is -0.118. The summed E-state index contributed by atoms with van der Waals surface area (Å²) < 4.78 is 46.2. The van der Waals surface area contributed by atoms with Gasteiger partial charge in [-0.25, -0.2) is 9.79 Å². The Bertz CT molecular complexity index is 970. The highest BCUT2D eigenvalue weighted by Crippen LogP contribution is 2.26. The van der Waals surface area contributed by atoms with Crippen molar-refractivity contribution in [1.82, 2.24) is 9.47 Å². The third-order valence-corrected chi connectivity index (χ3v) is 6.06. The van der Waals surface area contributed by atoms with Crippen molar-refractivity contribution in [3.63, 3.8) is 0 Å². The first-order chi connectivity index (χ1) is 13.9. The van der Waals surface area contributed by atoms with Crippen LogP contribution < -0.4 is 4.80 Å². The maximum atomic E-state index is 12.7. The number of carbonyl (C=O) groups excluding carboxylic acids is 1. The predicted molar refractivity (Wildman–Crippen MR) is 112 cm³/mol. The first-order valence-corrected chi connectivity index (χ1v) is 10.9. The molecule has 0 spiro atoms. The molecule has 3 rings (SSSR count). The lowest BCUT2D eigenvalue weighted by Crippen LogP contribution is -2.42. The number of ether oxygens (including phenoxy) is 1. The Morgan fingerprint density at radius 3 is 2.53 bits per heavy atom. The predicted octanol–water partition coefficient (Wildman–Crippen LogP) is 5.47. The molecular weight excluding hydrogens is 439 g/mol. The fourth-order valence-corrected chi connectivity index (χ4v) is 4.70. The molecule has 5 nitrogen and oxygen atoms in total. The van der Waals surface area contributed by atoms with Crippen LogP contribution in [0.5, 0.6) is 0 Å². The third-order valence-electron chi connectivity index (χ3n) is 4.75. The zero-order chi connectivity index (χ0) is 22.1. The molecule has 1 amide bonds. The van der Waals surface area contributed by atoms with Crippen molar-refractivity contribution in [3.05, 3.63) is 28.0 Å². The number of piperidine rings is 1. The van der Waals surface area contributed by atoms with Gasteiger partial charge in [-0.2, -0.15) is 13.2 Å². The highest BCUT2D eigenvalue weighted by atomic mass is 35.5. The van der Waals surface area contributed by atoms with E-state index in [1.165, 1.54) is 11.3 Å². The van der Waals surface area contributed by atoms with Crippen molar-refractivity contribution in [3.8, 4) is 0 Å². The minimum atomic E-state index is -4.36. The molecule has 0 N–H and O–H groups in total. The Hall–Kier alpha value is -1.74. The topological polar surface area (TPSA) is 46.8 Å². The van der Waals surface area contributed by atoms with Crippen LogP contribution in [0.4, 0.5) is 18.0 Å². The number of carbonyl (C=O) groups is 1. The van der Waals surface area contributed by atoms with E-state index in [1.54, 1.807) is 17.0 Å². The van der Waals surface area contributed by atoms with Crippen LogP contribution in [0.15, 0.2) is 23.2 Å². The van der Waals surface area contributed by atoms with Gasteiger partial charge in [-0.3, -0.25) is 0 Å². The van der Waals surface area contributed by atoms with Crippen molar-refractivity contribution in [2.75, 3.05) is 19.6 Å². The molecule has 0 aliphatic carbocycles. The first kappa shape index (κ1) is 22.9. The highest BCUT2D eigenvalue weighted by Gasteiger charge is 2.28. The summed E-state index contributed by atoms with van der Waals surface area (Å²) in [6, 6.07) is 5.29. The van der Waals surface area contributed by atoms with Crippen molar-refractivity contribution in [2.45, 2.75) is 51.9 Å². The summed E-state index contributed by atoms with van der Waals surface area (Å²) in [7, 11) is 0. The van der Waals surface area contributed by atoms with Crippen LogP contribution in [-0.2, 0) is 11.3 Å². The number of hydrogen-bond donors (Lipinski definition) is 0. The van der Waals surface area contributed by atoms with E-state index >= 15 is 0 Å². The first-order valence-electron chi connectivity index (χ1n) is 9.75. The third kappa shape index (κ3) is 6.14. The number of amides is 1. The molecule has 2 heterocycles. The Kier molecular flexibility index (Phi) is 6.72. The van der Waals surface area contributed by atoms with Gasteiger partial charge in [-0.05, 0) is 57.7 Å². The Balaban J connectivity index is 1.76. The van der Waals surface area contributed by atoms with E-state index < -0.39 is 18.3 Å². The number of nitrogens with zero attached hydrogens (tertiary/aromatic N) is 3. The fourth-order valence-electron chi connectivity index (χ4n) is 3.38. The monoisotopic (exact) mass is 463 g/mol. The smallest absolute Gasteiger partial charge is 0.410 e. The molecule has 166 valence electrons. The lowest BCUT2D eigenvalue weighted by atomic mass is 9.97. The molecule has 0 unspecified atom stereocenters. The Labute approximate surface area is 182 Å². The summed E-state index contributed by atoms with van der Waals surface area (Å²) in [5.74, 6) is 0.224. The molecule has 1 aromatic carbocycles. The zero-order valence-electron chi connectivity index (χ0n) is 17.1. The summed E-state index contributed by atoms with van der Waals surface area (Å²) in [6.07, 6.45) is -3.19. The molecule has 2 aromatic rings. The standard InChI is InChI=1S/C20H25ClF3N3O2S/c1-19(2,3)29-18(28)26-8-6-13(7-9-26)11-27-15-5-4-14(21)10-16(15)30-17(27)25-12-20(22,23)24/h4-5,10,13H,6-9,11-12H2,1-3H3. The number of benzene rings is 1. The van der Waals surface area contributed by atoms with Crippen LogP contribution in [0.1, 0.15) is 33.6 Å². The van der Waals surface area contributed by atoms with Crippen LogP contribution in [-0.4, -0.2) is 47.0 Å². The number of rotatable bonds is 3. The van der Waals surface area contributed by atoms with E-state index in [4.69, 9.17) is 16.3 Å². The van der Waals surface area contributed by atoms with Gasteiger partial charge in [0, 0.05) is 24.7 Å². The second kappa shape index (κ2) is 8.78. The van der Waals surface area contributed by atoms with E-state index in [9.17, 15) is 18.0 Å². The van der Waals surface area contributed by atoms with E-state index in [-0.39, 0.29) is 12.0 Å². The summed E-state index contributed by atoms with van der Waals surface area (Å²) in [4.78, 5) is 18.1. The minimum Gasteiger partial charge on any atom is -0.444 e. The Morgan fingerprint density at radius 1 is 1.27 bits per heavy atom. The molecular formula is C20H25ClF3N3O2S. The molecule has 0 atom stereocenters. The van der Waals surface area contributed by atoms with Gasteiger partial charge in [0.15, 0.2) is 4.80 Å². The molecule has 30 heavy (non-hydrogen) atoms. The van der Waals surface area contributed by atoms with Gasteiger partial charge in [0.2, 0.25) is 0 Å². The van der Waals surface area contributed by atoms with Gasteiger partial charge < -0.3 is 14.2 Å². The van der Waals surface area contributed by atoms with Crippen LogP contribution in [0.25, 0.3) is 10.2 Å². The largest absolute Gasteiger partial charge is 0.444 e. The van der Waals surface area contributed by atoms with E-state index in [2.05, 4.69) is 4.99 Å². The van der Waals surface area contributed by atoms with Gasteiger partial charge in [0.05, 0.1) is 10.2 Å². The normalized spacial score (nSPS) is 17.0. The highest BCUT2D eigenvalue weighted by molar-refractivity contribution is 7.16. The van der Waals surface area contributed by atoms with Crippen molar-refractivity contribution >= 4 is 39.2 Å². The Morgan fingerprint density at radius 2 is 1.93 bits per heavy atom. The lowest BCUT2D eigenvalue weighted by Gasteiger charge is -2.33. The van der Waals surface area contributed by atoms with Gasteiger partial charge in [-0.15, -0.1) is 0 Å². The summed E-state index contributed by atoms with van der Waals surface area (Å²) >= 11 is 7.26. The van der Waals surface area contributed by atoms with Crippen molar-refractivity contribution in [2.24, 2.45) is 10.9 Å². The van der Waals surface area contributed by atoms with Crippen molar-refractivity contribution in [1.29, 1.82) is 0 Å². The molecule has 1 aromatic heterocycles. The van der Waals surface area contributed by atoms with E-state index in [0.29, 0.717) is 29.5 Å². The molecule has 1 fully saturated rings. The number of halogens is 4. The fraction of sp³-hybridized carbons (Fsp3) is 0.600. The van der Waals surface area contributed by atoms with Gasteiger partial charge in [-0.1, -0.05) is 22.9 Å². The summed E-state index contributed by atoms with van der Waals surface area (Å²) in [6.45, 7) is 5.92. The van der Waals surface area contributed by atoms with Crippen molar-refractivity contribution < 1.29 is 22.7 Å². The molecule has 0 bridgehead atoms. The number of aromatic nitrogens is 1. The summed E-state index contributed by atoms with van der Waals surface area (Å²) in [5, 5.41) is 0.531. The second-order valence-electron chi connectivity index (χ2n) is 8.45. The molecule has 1 saturated heterocycles. The van der Waals surface area contributed by atoms with Crippen LogP contribution in [0, 0.1) is 5.92 Å². The van der Waals surface area contributed by atoms with Gasteiger partial charge >= 0.3 is 12.3 Å². The maximum absolute atomic E-state index is 12.7. The molecule has 10 heteroatoms. The van der Waals surface area contributed by atoms with Crippen LogP contribution >= 0.6 is 22.9 Å². The average molecular weight is 464 g/mol. The minimum absolute atomic E-state index is 0.224. The van der Waals surface area contributed by atoms with E-state index in [1.807, 2.05) is 31.4 Å². The van der Waals surface area contributed by atoms with E-state index in [0.717, 1.165) is 23.1 Å². The number of likely N-dealkylation sites (tertiary alicyclic amines) is 1. The van der Waals surface area contributed by atoms with Crippen LogP contribution in [0.2, 0.25) is 5.02 Å². The molecule has 0 radical (unpaired) electrons. The number of fused-ring (bicyclic) bond motifs is 1. The maximum Gasteiger partial charge on any atom is 0.410 e. The zero-order valence-corrected chi connectivity index (χ0v) is 18.7. The average Bonchev–Trinajstić information content (AvgIpc) is 2.95. The second-order valence-corrected chi connectivity index (χ2v) is 9.89. The summed E-state index contributed by atoms with van der Waals surface area (Å²) in [5.41, 5.74) is 0.273. The van der Waals surface area contributed by atoms with Gasteiger partial charge in [0.25, 0.3) is 0 Å². The molecule has 0 saturated carbocycles. The van der Waals surface area contributed by atoms with Crippen LogP contribution in [0.3, 0.4) is 0 Å². The quantitative estimate of drug-likeness (QED) is 0.606. The molecule has 1 aliphatic heterocycles. The number of hydrogen-bond acceptors (Lipinski definition) is 4.